The smallest absolute Gasteiger partial charge is 0.402 e. The summed E-state index contributed by atoms with van der Waals surface area (Å²) >= 11 is 5.51. The Morgan fingerprint density at radius 3 is 2.42 bits per heavy atom. The quantitative estimate of drug-likeness (QED) is 0.888. The van der Waals surface area contributed by atoms with Crippen LogP contribution in [-0.4, -0.2) is 32.2 Å². The summed E-state index contributed by atoms with van der Waals surface area (Å²) in [5.74, 6) is -1.49. The Bertz CT molecular complexity index is 600. The second-order valence-electron chi connectivity index (χ2n) is 3.39. The van der Waals surface area contributed by atoms with Crippen LogP contribution in [0, 0.1) is 0 Å². The number of hydrogen-bond acceptors (Lipinski definition) is 3. The molecule has 19 heavy (non-hydrogen) atoms. The van der Waals surface area contributed by atoms with Gasteiger partial charge in [0, 0.05) is 0 Å². The molecule has 1 aromatic carbocycles. The Kier molecular flexibility index (Phi) is 4.43. The average Bonchev–Trinajstić information content (AvgIpc) is 2.25. The van der Waals surface area contributed by atoms with E-state index in [4.69, 9.17) is 16.7 Å². The molecule has 0 radical (unpaired) electrons. The zero-order chi connectivity index (χ0) is 14.8. The van der Waals surface area contributed by atoms with Gasteiger partial charge in [0.25, 0.3) is 0 Å². The number of sulfonamides is 1. The molecule has 0 atom stereocenters. The summed E-state index contributed by atoms with van der Waals surface area (Å²) in [6, 6.07) is 2.57. The van der Waals surface area contributed by atoms with Crippen molar-refractivity contribution in [3.8, 4) is 0 Å². The van der Waals surface area contributed by atoms with Gasteiger partial charge < -0.3 is 5.11 Å². The van der Waals surface area contributed by atoms with Crippen LogP contribution in [0.2, 0.25) is 5.02 Å². The summed E-state index contributed by atoms with van der Waals surface area (Å²) in [7, 11) is -4.46. The van der Waals surface area contributed by atoms with Gasteiger partial charge in [-0.15, -0.1) is 0 Å². The van der Waals surface area contributed by atoms with Gasteiger partial charge in [0.05, 0.1) is 15.5 Å². The number of carboxylic acids is 1. The van der Waals surface area contributed by atoms with E-state index in [-0.39, 0.29) is 5.02 Å². The maximum Gasteiger partial charge on any atom is 0.402 e. The summed E-state index contributed by atoms with van der Waals surface area (Å²) in [5.41, 5.74) is -0.517. The largest absolute Gasteiger partial charge is 0.478 e. The van der Waals surface area contributed by atoms with Crippen molar-refractivity contribution >= 4 is 27.6 Å². The van der Waals surface area contributed by atoms with E-state index in [1.165, 1.54) is 4.72 Å². The van der Waals surface area contributed by atoms with Crippen molar-refractivity contribution in [2.75, 3.05) is 6.54 Å². The zero-order valence-electron chi connectivity index (χ0n) is 9.03. The molecule has 0 bridgehead atoms. The van der Waals surface area contributed by atoms with Crippen molar-refractivity contribution in [1.29, 1.82) is 0 Å². The molecule has 0 aliphatic heterocycles. The lowest BCUT2D eigenvalue weighted by atomic mass is 10.2. The second-order valence-corrected chi connectivity index (χ2v) is 5.56. The maximum absolute atomic E-state index is 11.9. The Morgan fingerprint density at radius 1 is 1.37 bits per heavy atom. The minimum absolute atomic E-state index is 0.220. The van der Waals surface area contributed by atoms with E-state index in [9.17, 15) is 26.4 Å². The molecule has 0 spiro atoms. The van der Waals surface area contributed by atoms with Crippen LogP contribution in [0.1, 0.15) is 10.4 Å². The molecule has 0 amide bonds. The van der Waals surface area contributed by atoms with E-state index in [1.54, 1.807) is 0 Å². The minimum Gasteiger partial charge on any atom is -0.478 e. The first-order valence-corrected chi connectivity index (χ1v) is 6.48. The van der Waals surface area contributed by atoms with Gasteiger partial charge in [-0.3, -0.25) is 0 Å². The fourth-order valence-electron chi connectivity index (χ4n) is 1.10. The van der Waals surface area contributed by atoms with Crippen LogP contribution >= 0.6 is 11.6 Å². The number of nitrogens with one attached hydrogen (secondary N) is 1. The molecule has 0 unspecified atom stereocenters. The fourth-order valence-corrected chi connectivity index (χ4v) is 2.33. The van der Waals surface area contributed by atoms with Crippen molar-refractivity contribution in [3.05, 3.63) is 28.8 Å². The first-order chi connectivity index (χ1) is 8.53. The van der Waals surface area contributed by atoms with Gasteiger partial charge in [-0.05, 0) is 18.2 Å². The third-order valence-corrected chi connectivity index (χ3v) is 3.67. The lowest BCUT2D eigenvalue weighted by Gasteiger charge is -2.10. The number of carbonyl (C=O) groups is 1. The number of benzene rings is 1. The molecule has 1 aromatic rings. The van der Waals surface area contributed by atoms with E-state index in [2.05, 4.69) is 0 Å². The van der Waals surface area contributed by atoms with Crippen LogP contribution in [0.25, 0.3) is 0 Å². The molecule has 10 heteroatoms. The summed E-state index contributed by atoms with van der Waals surface area (Å²) < 4.78 is 60.1. The molecular formula is C9H7ClF3NO4S. The average molecular weight is 318 g/mol. The van der Waals surface area contributed by atoms with E-state index >= 15 is 0 Å². The molecule has 0 aromatic heterocycles. The predicted octanol–water partition coefficient (Wildman–Crippen LogP) is 1.88. The van der Waals surface area contributed by atoms with E-state index in [0.717, 1.165) is 12.1 Å². The standard InChI is InChI=1S/C9H7ClF3NO4S/c10-7-2-1-5(3-6(7)8(15)16)19(17,18)14-4-9(11,12)13/h1-3,14H,4H2,(H,15,16). The lowest BCUT2D eigenvalue weighted by Crippen LogP contribution is -2.33. The summed E-state index contributed by atoms with van der Waals surface area (Å²) in [5, 5.41) is 8.52. The molecule has 0 aliphatic rings. The van der Waals surface area contributed by atoms with Gasteiger partial charge in [0.1, 0.15) is 6.54 Å². The Labute approximate surface area is 111 Å². The molecule has 106 valence electrons. The highest BCUT2D eigenvalue weighted by Crippen LogP contribution is 2.21. The van der Waals surface area contributed by atoms with Crippen LogP contribution in [0.4, 0.5) is 13.2 Å². The first-order valence-electron chi connectivity index (χ1n) is 4.62. The normalized spacial score (nSPS) is 12.4. The molecule has 0 heterocycles. The monoisotopic (exact) mass is 317 g/mol. The van der Waals surface area contributed by atoms with Crippen molar-refractivity contribution in [1.82, 2.24) is 4.72 Å². The predicted molar refractivity (Wildman–Crippen MR) is 59.7 cm³/mol. The highest BCUT2D eigenvalue weighted by Gasteiger charge is 2.30. The van der Waals surface area contributed by atoms with Crippen LogP contribution in [0.3, 0.4) is 0 Å². The maximum atomic E-state index is 11.9. The number of alkyl halides is 3. The second kappa shape index (κ2) is 5.35. The molecule has 1 rings (SSSR count). The van der Waals surface area contributed by atoms with Gasteiger partial charge in [-0.2, -0.15) is 13.2 Å². The van der Waals surface area contributed by atoms with Crippen molar-refractivity contribution in [2.45, 2.75) is 11.1 Å². The van der Waals surface area contributed by atoms with Crippen molar-refractivity contribution in [2.24, 2.45) is 0 Å². The van der Waals surface area contributed by atoms with Gasteiger partial charge in [-0.1, -0.05) is 11.6 Å². The van der Waals surface area contributed by atoms with E-state index < -0.39 is 39.2 Å². The summed E-state index contributed by atoms with van der Waals surface area (Å²) in [6.07, 6.45) is -4.71. The minimum atomic E-state index is -4.71. The first kappa shape index (κ1) is 15.7. The third kappa shape index (κ3) is 4.37. The van der Waals surface area contributed by atoms with Gasteiger partial charge in [0.2, 0.25) is 10.0 Å². The Morgan fingerprint density at radius 2 is 1.95 bits per heavy atom. The van der Waals surface area contributed by atoms with E-state index in [0.29, 0.717) is 6.07 Å². The lowest BCUT2D eigenvalue weighted by molar-refractivity contribution is -0.121. The summed E-state index contributed by atoms with van der Waals surface area (Å²) in [4.78, 5) is 10.1. The number of halogens is 4. The van der Waals surface area contributed by atoms with Crippen LogP contribution in [0.5, 0.6) is 0 Å². The number of aromatic carboxylic acids is 1. The number of carboxylic acid groups (broad SMARTS) is 1. The van der Waals surface area contributed by atoms with Gasteiger partial charge in [-0.25, -0.2) is 17.9 Å². The third-order valence-electron chi connectivity index (χ3n) is 1.94. The molecule has 0 fully saturated rings. The fraction of sp³-hybridized carbons (Fsp3) is 0.222. The van der Waals surface area contributed by atoms with Crippen molar-refractivity contribution < 1.29 is 31.5 Å². The van der Waals surface area contributed by atoms with Crippen LogP contribution < -0.4 is 4.72 Å². The molecule has 2 N–H and O–H groups in total. The number of rotatable bonds is 4. The number of hydrogen-bond donors (Lipinski definition) is 2. The van der Waals surface area contributed by atoms with E-state index in [1.807, 2.05) is 0 Å². The molecule has 0 saturated carbocycles. The molecule has 0 saturated heterocycles. The summed E-state index contributed by atoms with van der Waals surface area (Å²) in [6.45, 7) is -1.75. The topological polar surface area (TPSA) is 83.5 Å². The van der Waals surface area contributed by atoms with Crippen molar-refractivity contribution in [3.63, 3.8) is 0 Å². The van der Waals surface area contributed by atoms with Crippen LogP contribution in [0.15, 0.2) is 23.1 Å². The van der Waals surface area contributed by atoms with Gasteiger partial charge >= 0.3 is 12.1 Å². The highest BCUT2D eigenvalue weighted by atomic mass is 35.5. The zero-order valence-corrected chi connectivity index (χ0v) is 10.6. The van der Waals surface area contributed by atoms with Crippen LogP contribution in [-0.2, 0) is 10.0 Å². The Hall–Kier alpha value is -1.32. The SMILES string of the molecule is O=C(O)c1cc(S(=O)(=O)NCC(F)(F)F)ccc1Cl. The molecule has 0 aliphatic carbocycles. The van der Waals surface area contributed by atoms with Gasteiger partial charge in [0.15, 0.2) is 0 Å². The Balaban J connectivity index is 3.09. The molecule has 5 nitrogen and oxygen atoms in total. The highest BCUT2D eigenvalue weighted by molar-refractivity contribution is 7.89. The molecular weight excluding hydrogens is 311 g/mol.